The predicted octanol–water partition coefficient (Wildman–Crippen LogP) is 3.60. The Labute approximate surface area is 165 Å². The van der Waals surface area contributed by atoms with Gasteiger partial charge in [-0.1, -0.05) is 43.1 Å². The van der Waals surface area contributed by atoms with Crippen LogP contribution in [0.5, 0.6) is 5.75 Å². The number of benzene rings is 2. The number of amides is 2. The Bertz CT molecular complexity index is 758. The Kier molecular flexibility index (Phi) is 7.67. The summed E-state index contributed by atoms with van der Waals surface area (Å²) in [4.78, 5) is 24.8. The van der Waals surface area contributed by atoms with Crippen molar-refractivity contribution in [2.24, 2.45) is 5.92 Å². The quantitative estimate of drug-likeness (QED) is 0.679. The van der Waals surface area contributed by atoms with E-state index in [4.69, 9.17) is 16.3 Å². The fourth-order valence-corrected chi connectivity index (χ4v) is 2.57. The molecule has 0 aromatic heterocycles. The summed E-state index contributed by atoms with van der Waals surface area (Å²) in [5, 5.41) is 6.15. The number of hydrogen-bond donors (Lipinski definition) is 2. The first-order valence-electron chi connectivity index (χ1n) is 8.90. The van der Waals surface area contributed by atoms with Crippen molar-refractivity contribution < 1.29 is 14.3 Å². The van der Waals surface area contributed by atoms with E-state index < -0.39 is 6.04 Å². The number of rotatable bonds is 8. The highest BCUT2D eigenvalue weighted by Gasteiger charge is 2.24. The molecule has 0 fully saturated rings. The zero-order chi connectivity index (χ0) is 19.8. The van der Waals surface area contributed by atoms with Gasteiger partial charge in [0, 0.05) is 10.6 Å². The molecular formula is C21H25ClN2O3. The number of halogens is 1. The van der Waals surface area contributed by atoms with Crippen LogP contribution in [0, 0.1) is 12.8 Å². The highest BCUT2D eigenvalue weighted by Crippen LogP contribution is 2.12. The third kappa shape index (κ3) is 6.61. The van der Waals surface area contributed by atoms with Crippen molar-refractivity contribution in [3.8, 4) is 5.75 Å². The molecule has 0 aliphatic rings. The fourth-order valence-electron chi connectivity index (χ4n) is 2.45. The van der Waals surface area contributed by atoms with Crippen LogP contribution in [0.15, 0.2) is 48.5 Å². The van der Waals surface area contributed by atoms with Crippen LogP contribution in [0.1, 0.15) is 29.8 Å². The van der Waals surface area contributed by atoms with E-state index in [2.05, 4.69) is 10.6 Å². The van der Waals surface area contributed by atoms with Gasteiger partial charge < -0.3 is 15.4 Å². The molecule has 6 heteroatoms. The largest absolute Gasteiger partial charge is 0.492 e. The third-order valence-corrected chi connectivity index (χ3v) is 4.29. The van der Waals surface area contributed by atoms with Gasteiger partial charge in [-0.15, -0.1) is 0 Å². The van der Waals surface area contributed by atoms with Crippen LogP contribution < -0.4 is 15.4 Å². The van der Waals surface area contributed by atoms with E-state index >= 15 is 0 Å². The van der Waals surface area contributed by atoms with Gasteiger partial charge in [-0.05, 0) is 49.2 Å². The van der Waals surface area contributed by atoms with Crippen LogP contribution in [-0.4, -0.2) is 31.0 Å². The minimum atomic E-state index is -0.632. The molecule has 5 nitrogen and oxygen atoms in total. The van der Waals surface area contributed by atoms with Crippen LogP contribution in [0.25, 0.3) is 0 Å². The number of hydrogen-bond acceptors (Lipinski definition) is 3. The summed E-state index contributed by atoms with van der Waals surface area (Å²) in [6.45, 7) is 6.48. The predicted molar refractivity (Wildman–Crippen MR) is 107 cm³/mol. The fraction of sp³-hybridized carbons (Fsp3) is 0.333. The van der Waals surface area contributed by atoms with Crippen molar-refractivity contribution in [1.82, 2.24) is 10.6 Å². The second-order valence-electron chi connectivity index (χ2n) is 6.65. The molecule has 0 bridgehead atoms. The Morgan fingerprint density at radius 3 is 2.26 bits per heavy atom. The maximum atomic E-state index is 12.5. The Morgan fingerprint density at radius 1 is 1.04 bits per heavy atom. The van der Waals surface area contributed by atoms with Gasteiger partial charge in [-0.2, -0.15) is 0 Å². The van der Waals surface area contributed by atoms with Gasteiger partial charge in [0.1, 0.15) is 18.4 Å². The lowest BCUT2D eigenvalue weighted by Crippen LogP contribution is -2.50. The van der Waals surface area contributed by atoms with Gasteiger partial charge in [0.05, 0.1) is 6.54 Å². The monoisotopic (exact) mass is 388 g/mol. The molecule has 2 amide bonds. The topological polar surface area (TPSA) is 67.4 Å². The molecule has 1 unspecified atom stereocenters. The molecule has 144 valence electrons. The maximum Gasteiger partial charge on any atom is 0.251 e. The maximum absolute atomic E-state index is 12.5. The van der Waals surface area contributed by atoms with Gasteiger partial charge in [0.15, 0.2) is 0 Å². The lowest BCUT2D eigenvalue weighted by atomic mass is 10.0. The van der Waals surface area contributed by atoms with Crippen molar-refractivity contribution >= 4 is 23.4 Å². The number of carbonyl (C=O) groups excluding carboxylic acids is 2. The SMILES string of the molecule is Cc1ccc(OCCNC(=O)C(NC(=O)c2ccc(Cl)cc2)C(C)C)cc1. The van der Waals surface area contributed by atoms with Gasteiger partial charge in [-0.25, -0.2) is 0 Å². The summed E-state index contributed by atoms with van der Waals surface area (Å²) < 4.78 is 5.60. The molecule has 2 aromatic carbocycles. The average Bonchev–Trinajstić information content (AvgIpc) is 2.64. The number of ether oxygens (including phenoxy) is 1. The van der Waals surface area contributed by atoms with Gasteiger partial charge >= 0.3 is 0 Å². The first-order valence-corrected chi connectivity index (χ1v) is 9.28. The summed E-state index contributed by atoms with van der Waals surface area (Å²) in [6, 6.07) is 13.6. The van der Waals surface area contributed by atoms with Crippen LogP contribution in [0.4, 0.5) is 0 Å². The summed E-state index contributed by atoms with van der Waals surface area (Å²) in [6.07, 6.45) is 0. The normalized spacial score (nSPS) is 11.7. The van der Waals surface area contributed by atoms with Gasteiger partial charge in [0.25, 0.3) is 5.91 Å². The van der Waals surface area contributed by atoms with Crippen molar-refractivity contribution in [2.75, 3.05) is 13.2 Å². The van der Waals surface area contributed by atoms with Crippen molar-refractivity contribution in [2.45, 2.75) is 26.8 Å². The van der Waals surface area contributed by atoms with Crippen LogP contribution in [0.2, 0.25) is 5.02 Å². The smallest absolute Gasteiger partial charge is 0.251 e. The van der Waals surface area contributed by atoms with E-state index in [1.165, 1.54) is 0 Å². The van der Waals surface area contributed by atoms with Crippen molar-refractivity contribution in [3.05, 3.63) is 64.7 Å². The molecule has 2 aromatic rings. The molecule has 0 aliphatic carbocycles. The first-order chi connectivity index (χ1) is 12.9. The summed E-state index contributed by atoms with van der Waals surface area (Å²) >= 11 is 5.84. The Hall–Kier alpha value is -2.53. The van der Waals surface area contributed by atoms with E-state index in [0.29, 0.717) is 23.7 Å². The Balaban J connectivity index is 1.84. The number of aryl methyl sites for hydroxylation is 1. The lowest BCUT2D eigenvalue weighted by Gasteiger charge is -2.22. The standard InChI is InChI=1S/C21H25ClN2O3/c1-14(2)19(24-20(25)16-6-8-17(22)9-7-16)21(26)23-12-13-27-18-10-4-15(3)5-11-18/h4-11,14,19H,12-13H2,1-3H3,(H,23,26)(H,24,25). The number of carbonyl (C=O) groups is 2. The summed E-state index contributed by atoms with van der Waals surface area (Å²) in [5.74, 6) is 0.154. The first kappa shape index (κ1) is 20.8. The van der Waals surface area contributed by atoms with Crippen LogP contribution in [0.3, 0.4) is 0 Å². The van der Waals surface area contributed by atoms with Gasteiger partial charge in [-0.3, -0.25) is 9.59 Å². The zero-order valence-electron chi connectivity index (χ0n) is 15.8. The van der Waals surface area contributed by atoms with Crippen LogP contribution in [-0.2, 0) is 4.79 Å². The molecule has 0 saturated heterocycles. The van der Waals surface area contributed by atoms with Crippen LogP contribution >= 0.6 is 11.6 Å². The Morgan fingerprint density at radius 2 is 1.67 bits per heavy atom. The molecule has 2 rings (SSSR count). The van der Waals surface area contributed by atoms with E-state index in [-0.39, 0.29) is 17.7 Å². The van der Waals surface area contributed by atoms with Crippen molar-refractivity contribution in [3.63, 3.8) is 0 Å². The summed E-state index contributed by atoms with van der Waals surface area (Å²) in [5.41, 5.74) is 1.62. The molecule has 0 aliphatic heterocycles. The lowest BCUT2D eigenvalue weighted by molar-refractivity contribution is -0.124. The molecule has 1 atom stereocenters. The van der Waals surface area contributed by atoms with E-state index in [0.717, 1.165) is 11.3 Å². The second-order valence-corrected chi connectivity index (χ2v) is 7.09. The minimum Gasteiger partial charge on any atom is -0.492 e. The van der Waals surface area contributed by atoms with E-state index in [9.17, 15) is 9.59 Å². The molecule has 0 saturated carbocycles. The third-order valence-electron chi connectivity index (χ3n) is 4.03. The minimum absolute atomic E-state index is 0.0562. The second kappa shape index (κ2) is 9.97. The molecular weight excluding hydrogens is 364 g/mol. The molecule has 2 N–H and O–H groups in total. The van der Waals surface area contributed by atoms with Crippen molar-refractivity contribution in [1.29, 1.82) is 0 Å². The molecule has 0 spiro atoms. The van der Waals surface area contributed by atoms with Gasteiger partial charge in [0.2, 0.25) is 5.91 Å². The average molecular weight is 389 g/mol. The number of nitrogens with one attached hydrogen (secondary N) is 2. The zero-order valence-corrected chi connectivity index (χ0v) is 16.5. The van der Waals surface area contributed by atoms with E-state index in [1.807, 2.05) is 45.0 Å². The highest BCUT2D eigenvalue weighted by atomic mass is 35.5. The molecule has 0 heterocycles. The molecule has 27 heavy (non-hydrogen) atoms. The summed E-state index contributed by atoms with van der Waals surface area (Å²) in [7, 11) is 0. The highest BCUT2D eigenvalue weighted by molar-refractivity contribution is 6.30. The van der Waals surface area contributed by atoms with E-state index in [1.54, 1.807) is 24.3 Å². The molecule has 0 radical (unpaired) electrons.